The summed E-state index contributed by atoms with van der Waals surface area (Å²) in [4.78, 5) is 19.1. The molecule has 0 amide bonds. The van der Waals surface area contributed by atoms with Gasteiger partial charge in [0.15, 0.2) is 6.04 Å². The molecule has 0 radical (unpaired) electrons. The Morgan fingerprint density at radius 2 is 1.93 bits per heavy atom. The lowest BCUT2D eigenvalue weighted by Crippen LogP contribution is -2.49. The lowest BCUT2D eigenvalue weighted by Gasteiger charge is -2.50. The van der Waals surface area contributed by atoms with Gasteiger partial charge < -0.3 is 19.5 Å². The van der Waals surface area contributed by atoms with Crippen LogP contribution in [0.15, 0.2) is 42.9 Å². The second-order valence-corrected chi connectivity index (χ2v) is 12.9. The van der Waals surface area contributed by atoms with Crippen LogP contribution in [-0.4, -0.2) is 78.9 Å². The number of carbonyl (C=O) groups is 1. The van der Waals surface area contributed by atoms with Crippen LogP contribution in [0.2, 0.25) is 10.0 Å². The molecule has 2 fully saturated rings. The van der Waals surface area contributed by atoms with Gasteiger partial charge >= 0.3 is 5.97 Å². The van der Waals surface area contributed by atoms with Gasteiger partial charge in [-0.05, 0) is 68.0 Å². The number of halogens is 3. The van der Waals surface area contributed by atoms with Gasteiger partial charge in [-0.2, -0.15) is 5.10 Å². The molecular formula is C31H32Cl2FN5O4. The third kappa shape index (κ3) is 5.28. The van der Waals surface area contributed by atoms with E-state index in [9.17, 15) is 19.4 Å². The minimum atomic E-state index is -1.25. The molecular weight excluding hydrogens is 596 g/mol. The molecule has 3 aliphatic rings. The summed E-state index contributed by atoms with van der Waals surface area (Å²) in [5.74, 6) is -0.415. The molecule has 1 spiro atoms. The third-order valence-corrected chi connectivity index (χ3v) is 10.0. The van der Waals surface area contributed by atoms with Crippen LogP contribution in [0.1, 0.15) is 43.1 Å². The number of hydrogen-bond acceptors (Lipinski definition) is 6. The topological polar surface area (TPSA) is 106 Å². The number of likely N-dealkylation sites (tertiary alicyclic amines) is 1. The number of fused-ring (bicyclic) bond motifs is 2. The van der Waals surface area contributed by atoms with Crippen molar-refractivity contribution >= 4 is 40.1 Å². The monoisotopic (exact) mass is 627 g/mol. The second kappa shape index (κ2) is 11.1. The van der Waals surface area contributed by atoms with Gasteiger partial charge in [0, 0.05) is 35.8 Å². The predicted molar refractivity (Wildman–Crippen MR) is 161 cm³/mol. The molecule has 43 heavy (non-hydrogen) atoms. The van der Waals surface area contributed by atoms with Gasteiger partial charge in [-0.25, -0.2) is 14.2 Å². The van der Waals surface area contributed by atoms with Gasteiger partial charge in [0.2, 0.25) is 0 Å². The molecule has 4 heterocycles. The second-order valence-electron chi connectivity index (χ2n) is 12.1. The number of rotatable bonds is 8. The van der Waals surface area contributed by atoms with Crippen LogP contribution in [0.4, 0.5) is 4.39 Å². The number of aliphatic hydroxyl groups excluding tert-OH is 1. The summed E-state index contributed by atoms with van der Waals surface area (Å²) >= 11 is 13.5. The van der Waals surface area contributed by atoms with Gasteiger partial charge in [0.05, 0.1) is 34.7 Å². The Bertz CT molecular complexity index is 1670. The van der Waals surface area contributed by atoms with E-state index in [1.54, 1.807) is 16.8 Å². The molecule has 4 aromatic rings. The van der Waals surface area contributed by atoms with E-state index in [2.05, 4.69) is 15.0 Å². The highest BCUT2D eigenvalue weighted by Gasteiger charge is 2.44. The van der Waals surface area contributed by atoms with Crippen LogP contribution in [0.5, 0.6) is 5.75 Å². The van der Waals surface area contributed by atoms with Crippen LogP contribution < -0.4 is 4.74 Å². The zero-order valence-corrected chi connectivity index (χ0v) is 24.9. The average molecular weight is 629 g/mol. The predicted octanol–water partition coefficient (Wildman–Crippen LogP) is 5.39. The van der Waals surface area contributed by atoms with Gasteiger partial charge in [-0.3, -0.25) is 9.58 Å². The van der Waals surface area contributed by atoms with Gasteiger partial charge in [0.25, 0.3) is 0 Å². The fraction of sp³-hybridized carbons (Fsp3) is 0.452. The normalized spacial score (nSPS) is 20.8. The first-order valence-electron chi connectivity index (χ1n) is 14.6. The van der Waals surface area contributed by atoms with E-state index in [4.69, 9.17) is 27.9 Å². The summed E-state index contributed by atoms with van der Waals surface area (Å²) in [6.45, 7) is 3.69. The fourth-order valence-corrected chi connectivity index (χ4v) is 7.51. The molecule has 1 aliphatic carbocycles. The summed E-state index contributed by atoms with van der Waals surface area (Å²) in [6, 6.07) is 8.09. The highest BCUT2D eigenvalue weighted by molar-refractivity contribution is 6.42. The molecule has 226 valence electrons. The molecule has 2 aromatic heterocycles. The number of ether oxygens (including phenoxy) is 1. The van der Waals surface area contributed by atoms with Crippen molar-refractivity contribution in [1.82, 2.24) is 24.2 Å². The highest BCUT2D eigenvalue weighted by atomic mass is 35.5. The number of alkyl halides is 1. The smallest absolute Gasteiger partial charge is 0.334 e. The Hall–Kier alpha value is -3.18. The van der Waals surface area contributed by atoms with Gasteiger partial charge in [0.1, 0.15) is 24.0 Å². The molecule has 0 bridgehead atoms. The Morgan fingerprint density at radius 1 is 1.19 bits per heavy atom. The number of piperidine rings is 1. The third-order valence-electron chi connectivity index (χ3n) is 9.35. The van der Waals surface area contributed by atoms with E-state index < -0.39 is 18.2 Å². The number of aromatic nitrogens is 4. The van der Waals surface area contributed by atoms with Crippen molar-refractivity contribution in [2.75, 3.05) is 26.2 Å². The van der Waals surface area contributed by atoms with Crippen LogP contribution >= 0.6 is 23.2 Å². The first kappa shape index (κ1) is 28.6. The van der Waals surface area contributed by atoms with Crippen molar-refractivity contribution in [2.45, 2.75) is 57.0 Å². The Labute approximate surface area is 257 Å². The Morgan fingerprint density at radius 3 is 2.63 bits per heavy atom. The zero-order chi connectivity index (χ0) is 29.9. The molecule has 1 saturated carbocycles. The van der Waals surface area contributed by atoms with E-state index in [1.165, 1.54) is 11.0 Å². The Balaban J connectivity index is 1.06. The van der Waals surface area contributed by atoms with Crippen molar-refractivity contribution in [3.05, 3.63) is 64.3 Å². The molecule has 7 rings (SSSR count). The lowest BCUT2D eigenvalue weighted by atomic mass is 9.61. The van der Waals surface area contributed by atoms with Crippen molar-refractivity contribution in [1.29, 1.82) is 0 Å². The summed E-state index contributed by atoms with van der Waals surface area (Å²) < 4.78 is 23.0. The number of aliphatic carboxylic acids is 1. The summed E-state index contributed by atoms with van der Waals surface area (Å²) in [5.41, 5.74) is 3.03. The van der Waals surface area contributed by atoms with Crippen LogP contribution in [0.25, 0.3) is 22.0 Å². The maximum absolute atomic E-state index is 14.0. The summed E-state index contributed by atoms with van der Waals surface area (Å²) in [5, 5.41) is 25.6. The molecule has 2 aromatic carbocycles. The van der Waals surface area contributed by atoms with Crippen LogP contribution in [-0.2, 0) is 17.8 Å². The number of nitrogens with zero attached hydrogens (tertiary/aromatic N) is 5. The van der Waals surface area contributed by atoms with Crippen LogP contribution in [0, 0.1) is 5.41 Å². The lowest BCUT2D eigenvalue weighted by molar-refractivity contribution is -0.139. The molecule has 2 aliphatic heterocycles. The van der Waals surface area contributed by atoms with Gasteiger partial charge in [-0.15, -0.1) is 0 Å². The minimum absolute atomic E-state index is 0.103. The average Bonchev–Trinajstić information content (AvgIpc) is 3.67. The van der Waals surface area contributed by atoms with E-state index in [-0.39, 0.29) is 24.8 Å². The van der Waals surface area contributed by atoms with Crippen LogP contribution in [0.3, 0.4) is 0 Å². The van der Waals surface area contributed by atoms with Crippen molar-refractivity contribution in [2.24, 2.45) is 5.41 Å². The zero-order valence-electron chi connectivity index (χ0n) is 23.4. The standard InChI is InChI=1S/C31H32Cl2FN5O4/c32-24-12-22(18-1-3-21(4-2-18)43-10-9-37-7-5-31(6-8-37)13-20(40)14-31)26(33)27-23(24)16-39(36-27)29(30(41)42)28-25-11-19(34)15-38(25)17-35-28/h1-4,12,16-17,19-20,29,40H,5-11,13-15H2,(H,41,42)/t19-,29?/m1/s1. The molecule has 1 saturated heterocycles. The first-order valence-corrected chi connectivity index (χ1v) is 15.4. The Kier molecular flexibility index (Phi) is 7.36. The van der Waals surface area contributed by atoms with Crippen molar-refractivity contribution < 1.29 is 24.1 Å². The first-order chi connectivity index (χ1) is 20.7. The fourth-order valence-electron chi connectivity index (χ4n) is 6.96. The molecule has 12 heteroatoms. The molecule has 2 N–H and O–H groups in total. The number of aliphatic hydroxyl groups is 1. The number of benzene rings is 2. The van der Waals surface area contributed by atoms with E-state index >= 15 is 0 Å². The highest BCUT2D eigenvalue weighted by Crippen LogP contribution is 2.49. The maximum Gasteiger partial charge on any atom is 0.334 e. The van der Waals surface area contributed by atoms with Crippen molar-refractivity contribution in [3.8, 4) is 16.9 Å². The minimum Gasteiger partial charge on any atom is -0.492 e. The van der Waals surface area contributed by atoms with E-state index in [0.717, 1.165) is 56.6 Å². The maximum atomic E-state index is 14.0. The van der Waals surface area contributed by atoms with Crippen molar-refractivity contribution in [3.63, 3.8) is 0 Å². The number of hydrogen-bond donors (Lipinski definition) is 2. The SMILES string of the molecule is O=C(O)C(c1ncn2c1C[C@@H](F)C2)n1cc2c(Cl)cc(-c3ccc(OCCN4CCC5(CC4)CC(O)C5)cc3)c(Cl)c2n1. The summed E-state index contributed by atoms with van der Waals surface area (Å²) in [7, 11) is 0. The number of carboxylic acids is 1. The largest absolute Gasteiger partial charge is 0.492 e. The van der Waals surface area contributed by atoms with E-state index in [0.29, 0.717) is 44.2 Å². The quantitative estimate of drug-likeness (QED) is 0.270. The molecule has 9 nitrogen and oxygen atoms in total. The molecule has 2 atom stereocenters. The number of imidazole rings is 1. The van der Waals surface area contributed by atoms with Gasteiger partial charge in [-0.1, -0.05) is 35.3 Å². The van der Waals surface area contributed by atoms with E-state index in [1.807, 2.05) is 24.3 Å². The number of carboxylic acid groups (broad SMARTS) is 1. The molecule has 1 unspecified atom stereocenters. The summed E-state index contributed by atoms with van der Waals surface area (Å²) in [6.07, 6.45) is 6.14.